The first kappa shape index (κ1) is 8.81. The van der Waals surface area contributed by atoms with E-state index in [0.29, 0.717) is 5.57 Å². The number of nitrogens with zero attached hydrogens (tertiary/aromatic N) is 1. The molecule has 0 heterocycles. The van der Waals surface area contributed by atoms with Crippen molar-refractivity contribution in [2.45, 2.75) is 6.92 Å². The Morgan fingerprint density at radius 1 is 1.70 bits per heavy atom. The van der Waals surface area contributed by atoms with Crippen LogP contribution in [0, 0.1) is 4.91 Å². The van der Waals surface area contributed by atoms with Crippen molar-refractivity contribution in [2.75, 3.05) is 13.2 Å². The summed E-state index contributed by atoms with van der Waals surface area (Å²) in [7, 11) is 0. The highest BCUT2D eigenvalue weighted by Gasteiger charge is 2.00. The third-order valence-electron chi connectivity index (χ3n) is 0.764. The summed E-state index contributed by atoms with van der Waals surface area (Å²) in [4.78, 5) is 20.0. The molecule has 0 aromatic rings. The predicted octanol–water partition coefficient (Wildman–Crippen LogP) is 0.872. The van der Waals surface area contributed by atoms with Crippen LogP contribution in [0.15, 0.2) is 17.3 Å². The molecule has 0 spiro atoms. The number of carbonyl (C=O) groups is 1. The van der Waals surface area contributed by atoms with Gasteiger partial charge in [-0.2, -0.15) is 4.91 Å². The van der Waals surface area contributed by atoms with Crippen LogP contribution in [0.2, 0.25) is 0 Å². The standard InChI is InChI=1S/C6H9NO3/c1-5(2)6(8)10-4-3-7-9/h1,3-4H2,2H3. The van der Waals surface area contributed by atoms with Gasteiger partial charge in [-0.15, -0.1) is 0 Å². The minimum Gasteiger partial charge on any atom is -0.460 e. The second-order valence-corrected chi connectivity index (χ2v) is 1.77. The molecule has 10 heavy (non-hydrogen) atoms. The first-order valence-corrected chi connectivity index (χ1v) is 2.80. The molecular weight excluding hydrogens is 134 g/mol. The third kappa shape index (κ3) is 3.77. The maximum Gasteiger partial charge on any atom is 0.333 e. The van der Waals surface area contributed by atoms with Crippen LogP contribution in [-0.4, -0.2) is 19.1 Å². The molecule has 0 N–H and O–H groups in total. The summed E-state index contributed by atoms with van der Waals surface area (Å²) < 4.78 is 4.51. The van der Waals surface area contributed by atoms with Crippen molar-refractivity contribution in [3.05, 3.63) is 17.1 Å². The van der Waals surface area contributed by atoms with Crippen molar-refractivity contribution < 1.29 is 9.53 Å². The van der Waals surface area contributed by atoms with E-state index in [0.717, 1.165) is 0 Å². The molecule has 0 atom stereocenters. The van der Waals surface area contributed by atoms with Gasteiger partial charge in [-0.1, -0.05) is 11.8 Å². The van der Waals surface area contributed by atoms with Crippen LogP contribution in [0.4, 0.5) is 0 Å². The van der Waals surface area contributed by atoms with E-state index in [1.54, 1.807) is 0 Å². The number of nitroso groups, excluding NO2 is 1. The topological polar surface area (TPSA) is 55.7 Å². The van der Waals surface area contributed by atoms with Gasteiger partial charge in [-0.3, -0.25) is 0 Å². The Hall–Kier alpha value is -1.19. The third-order valence-corrected chi connectivity index (χ3v) is 0.764. The lowest BCUT2D eigenvalue weighted by Crippen LogP contribution is -2.07. The van der Waals surface area contributed by atoms with E-state index in [-0.39, 0.29) is 13.2 Å². The van der Waals surface area contributed by atoms with E-state index in [1.807, 2.05) is 0 Å². The van der Waals surface area contributed by atoms with Crippen LogP contribution in [-0.2, 0) is 9.53 Å². The molecule has 0 fully saturated rings. The van der Waals surface area contributed by atoms with Crippen molar-refractivity contribution in [3.8, 4) is 0 Å². The van der Waals surface area contributed by atoms with E-state index < -0.39 is 5.97 Å². The van der Waals surface area contributed by atoms with Gasteiger partial charge in [0.1, 0.15) is 13.2 Å². The van der Waals surface area contributed by atoms with Crippen LogP contribution < -0.4 is 0 Å². The molecule has 0 aromatic carbocycles. The summed E-state index contributed by atoms with van der Waals surface area (Å²) in [5.41, 5.74) is 0.325. The highest BCUT2D eigenvalue weighted by atomic mass is 16.5. The Morgan fingerprint density at radius 3 is 2.70 bits per heavy atom. The fraction of sp³-hybridized carbons (Fsp3) is 0.500. The number of rotatable bonds is 4. The molecule has 0 rings (SSSR count). The zero-order chi connectivity index (χ0) is 7.98. The predicted molar refractivity (Wildman–Crippen MR) is 36.4 cm³/mol. The Bertz CT molecular complexity index is 153. The fourth-order valence-corrected chi connectivity index (χ4v) is 0.299. The molecule has 0 saturated carbocycles. The molecule has 4 heteroatoms. The largest absolute Gasteiger partial charge is 0.460 e. The molecule has 0 aromatic heterocycles. The lowest BCUT2D eigenvalue weighted by molar-refractivity contribution is -0.138. The first-order valence-electron chi connectivity index (χ1n) is 2.80. The fourth-order valence-electron chi connectivity index (χ4n) is 0.299. The molecule has 0 saturated heterocycles. The first-order chi connectivity index (χ1) is 4.68. The van der Waals surface area contributed by atoms with Gasteiger partial charge in [0.05, 0.1) is 0 Å². The monoisotopic (exact) mass is 143 g/mol. The minimum atomic E-state index is -0.483. The smallest absolute Gasteiger partial charge is 0.333 e. The van der Waals surface area contributed by atoms with Gasteiger partial charge in [0, 0.05) is 5.57 Å². The van der Waals surface area contributed by atoms with Crippen LogP contribution >= 0.6 is 0 Å². The van der Waals surface area contributed by atoms with Gasteiger partial charge in [0.25, 0.3) is 0 Å². The molecule has 0 aliphatic rings. The molecule has 0 radical (unpaired) electrons. The Balaban J connectivity index is 3.40. The zero-order valence-corrected chi connectivity index (χ0v) is 5.79. The van der Waals surface area contributed by atoms with Gasteiger partial charge in [-0.05, 0) is 6.92 Å². The Labute approximate surface area is 58.8 Å². The van der Waals surface area contributed by atoms with E-state index in [9.17, 15) is 9.70 Å². The molecule has 0 aliphatic carbocycles. The van der Waals surface area contributed by atoms with Crippen LogP contribution in [0.25, 0.3) is 0 Å². The van der Waals surface area contributed by atoms with Crippen LogP contribution in [0.1, 0.15) is 6.92 Å². The summed E-state index contributed by atoms with van der Waals surface area (Å²) in [6, 6.07) is 0. The number of carbonyl (C=O) groups excluding carboxylic acids is 1. The van der Waals surface area contributed by atoms with E-state index in [4.69, 9.17) is 0 Å². The maximum atomic E-state index is 10.6. The highest BCUT2D eigenvalue weighted by molar-refractivity contribution is 5.86. The van der Waals surface area contributed by atoms with Crippen molar-refractivity contribution in [2.24, 2.45) is 5.18 Å². The summed E-state index contributed by atoms with van der Waals surface area (Å²) in [6.07, 6.45) is 0. The van der Waals surface area contributed by atoms with Crippen LogP contribution in [0.5, 0.6) is 0 Å². The summed E-state index contributed by atoms with van der Waals surface area (Å²) in [5.74, 6) is -0.483. The molecule has 0 amide bonds. The van der Waals surface area contributed by atoms with Gasteiger partial charge in [-0.25, -0.2) is 4.79 Å². The van der Waals surface area contributed by atoms with Crippen molar-refractivity contribution in [1.82, 2.24) is 0 Å². The Kier molecular flexibility index (Phi) is 4.11. The molecule has 56 valence electrons. The van der Waals surface area contributed by atoms with Gasteiger partial charge < -0.3 is 4.74 Å². The van der Waals surface area contributed by atoms with Crippen molar-refractivity contribution in [3.63, 3.8) is 0 Å². The van der Waals surface area contributed by atoms with Crippen LogP contribution in [0.3, 0.4) is 0 Å². The van der Waals surface area contributed by atoms with Crippen molar-refractivity contribution in [1.29, 1.82) is 0 Å². The van der Waals surface area contributed by atoms with Gasteiger partial charge in [0.2, 0.25) is 0 Å². The SMILES string of the molecule is C=C(C)C(=O)OCCN=O. The second-order valence-electron chi connectivity index (χ2n) is 1.77. The van der Waals surface area contributed by atoms with Crippen molar-refractivity contribution >= 4 is 5.97 Å². The summed E-state index contributed by atoms with van der Waals surface area (Å²) in [5, 5.41) is 2.51. The summed E-state index contributed by atoms with van der Waals surface area (Å²) in [6.45, 7) is 4.92. The normalized spacial score (nSPS) is 8.50. The molecule has 0 aliphatic heterocycles. The zero-order valence-electron chi connectivity index (χ0n) is 5.79. The maximum absolute atomic E-state index is 10.6. The van der Waals surface area contributed by atoms with Gasteiger partial charge >= 0.3 is 5.97 Å². The summed E-state index contributed by atoms with van der Waals surface area (Å²) >= 11 is 0. The number of esters is 1. The number of hydrogen-bond donors (Lipinski definition) is 0. The lowest BCUT2D eigenvalue weighted by Gasteiger charge is -1.98. The molecular formula is C6H9NO3. The molecule has 4 nitrogen and oxygen atoms in total. The average Bonchev–Trinajstić information content (AvgIpc) is 1.88. The van der Waals surface area contributed by atoms with E-state index >= 15 is 0 Å². The van der Waals surface area contributed by atoms with E-state index in [1.165, 1.54) is 6.92 Å². The quantitative estimate of drug-likeness (QED) is 0.254. The minimum absolute atomic E-state index is 0.000972. The molecule has 0 bridgehead atoms. The number of ether oxygens (including phenoxy) is 1. The van der Waals surface area contributed by atoms with Gasteiger partial charge in [0.15, 0.2) is 0 Å². The second kappa shape index (κ2) is 4.67. The lowest BCUT2D eigenvalue weighted by atomic mass is 10.4. The average molecular weight is 143 g/mol. The number of hydrogen-bond acceptors (Lipinski definition) is 4. The molecule has 0 unspecified atom stereocenters. The Morgan fingerprint density at radius 2 is 2.30 bits per heavy atom. The van der Waals surface area contributed by atoms with E-state index in [2.05, 4.69) is 16.5 Å². The highest BCUT2D eigenvalue weighted by Crippen LogP contribution is 1.90.